The van der Waals surface area contributed by atoms with Crippen molar-refractivity contribution in [2.24, 2.45) is 16.6 Å². The number of sulfone groups is 1. The van der Waals surface area contributed by atoms with Crippen molar-refractivity contribution in [3.63, 3.8) is 0 Å². The van der Waals surface area contributed by atoms with E-state index in [1.807, 2.05) is 0 Å². The zero-order chi connectivity index (χ0) is 10.6. The second-order valence-electron chi connectivity index (χ2n) is 3.40. The third-order valence-corrected chi connectivity index (χ3v) is 4.01. The van der Waals surface area contributed by atoms with Crippen LogP contribution in [0.15, 0.2) is 4.99 Å². The number of rotatable bonds is 4. The molecule has 1 heterocycles. The monoisotopic (exact) mass is 220 g/mol. The van der Waals surface area contributed by atoms with Crippen LogP contribution in [0.2, 0.25) is 0 Å². The summed E-state index contributed by atoms with van der Waals surface area (Å²) < 4.78 is 27.1. The minimum absolute atomic E-state index is 0.0862. The van der Waals surface area contributed by atoms with Crippen LogP contribution in [-0.2, 0) is 14.6 Å². The molecular formula is C8H16N2O3S. The summed E-state index contributed by atoms with van der Waals surface area (Å²) in [5, 5.41) is 0. The molecule has 14 heavy (non-hydrogen) atoms. The van der Waals surface area contributed by atoms with Crippen LogP contribution in [0.4, 0.5) is 0 Å². The van der Waals surface area contributed by atoms with E-state index in [9.17, 15) is 8.42 Å². The molecular weight excluding hydrogens is 204 g/mol. The summed E-state index contributed by atoms with van der Waals surface area (Å²) in [6.07, 6.45) is 0.602. The van der Waals surface area contributed by atoms with Crippen LogP contribution in [0.1, 0.15) is 6.42 Å². The molecule has 0 saturated carbocycles. The number of hydrogen-bond acceptors (Lipinski definition) is 4. The number of methoxy groups -OCH3 is 1. The van der Waals surface area contributed by atoms with E-state index in [0.29, 0.717) is 25.4 Å². The van der Waals surface area contributed by atoms with E-state index in [1.165, 1.54) is 0 Å². The molecule has 0 amide bonds. The standard InChI is InChI=1S/C8H16N2O3S/c1-13-4-3-10-8(9)7-2-5-14(11,12)6-7/h7H,2-6H2,1H3,(H2,9,10). The van der Waals surface area contributed by atoms with Gasteiger partial charge in [-0.15, -0.1) is 0 Å². The van der Waals surface area contributed by atoms with Gasteiger partial charge in [0.1, 0.15) is 0 Å². The third-order valence-electron chi connectivity index (χ3n) is 2.24. The Morgan fingerprint density at radius 3 is 2.86 bits per heavy atom. The fourth-order valence-corrected chi connectivity index (χ4v) is 3.18. The molecule has 1 aliphatic rings. The van der Waals surface area contributed by atoms with E-state index in [0.717, 1.165) is 0 Å². The number of hydrogen-bond donors (Lipinski definition) is 1. The van der Waals surface area contributed by atoms with Gasteiger partial charge < -0.3 is 10.5 Å². The molecule has 0 bridgehead atoms. The average molecular weight is 220 g/mol. The van der Waals surface area contributed by atoms with Crippen LogP contribution in [0.25, 0.3) is 0 Å². The minimum Gasteiger partial charge on any atom is -0.387 e. The molecule has 1 unspecified atom stereocenters. The van der Waals surface area contributed by atoms with Crippen LogP contribution in [-0.4, -0.2) is 46.0 Å². The zero-order valence-corrected chi connectivity index (χ0v) is 9.09. The summed E-state index contributed by atoms with van der Waals surface area (Å²) in [5.41, 5.74) is 5.67. The van der Waals surface area contributed by atoms with E-state index in [2.05, 4.69) is 4.99 Å². The van der Waals surface area contributed by atoms with Gasteiger partial charge in [-0.2, -0.15) is 0 Å². The maximum atomic E-state index is 11.1. The van der Waals surface area contributed by atoms with Gasteiger partial charge in [0.2, 0.25) is 0 Å². The van der Waals surface area contributed by atoms with Gasteiger partial charge in [-0.05, 0) is 6.42 Å². The van der Waals surface area contributed by atoms with Gasteiger partial charge in [0.25, 0.3) is 0 Å². The second kappa shape index (κ2) is 4.75. The third kappa shape index (κ3) is 3.26. The van der Waals surface area contributed by atoms with Crippen LogP contribution in [0.3, 0.4) is 0 Å². The Morgan fingerprint density at radius 1 is 1.64 bits per heavy atom. The molecule has 1 rings (SSSR count). The predicted molar refractivity (Wildman–Crippen MR) is 55.1 cm³/mol. The van der Waals surface area contributed by atoms with E-state index >= 15 is 0 Å². The van der Waals surface area contributed by atoms with Crippen molar-refractivity contribution in [3.05, 3.63) is 0 Å². The van der Waals surface area contributed by atoms with Crippen LogP contribution in [0.5, 0.6) is 0 Å². The molecule has 1 aliphatic heterocycles. The molecule has 0 aliphatic carbocycles. The SMILES string of the molecule is COCCN=C(N)C1CCS(=O)(=O)C1. The van der Waals surface area contributed by atoms with Crippen LogP contribution >= 0.6 is 0 Å². The van der Waals surface area contributed by atoms with Gasteiger partial charge in [0.05, 0.1) is 30.5 Å². The Kier molecular flexibility index (Phi) is 3.88. The lowest BCUT2D eigenvalue weighted by molar-refractivity contribution is 0.208. The highest BCUT2D eigenvalue weighted by atomic mass is 32.2. The largest absolute Gasteiger partial charge is 0.387 e. The number of aliphatic imine (C=N–C) groups is 1. The van der Waals surface area contributed by atoms with Gasteiger partial charge >= 0.3 is 0 Å². The Hall–Kier alpha value is -0.620. The molecule has 5 nitrogen and oxygen atoms in total. The van der Waals surface area contributed by atoms with Crippen molar-refractivity contribution in [2.45, 2.75) is 6.42 Å². The highest BCUT2D eigenvalue weighted by Crippen LogP contribution is 2.18. The molecule has 6 heteroatoms. The molecule has 1 saturated heterocycles. The topological polar surface area (TPSA) is 81.8 Å². The number of nitrogens with zero attached hydrogens (tertiary/aromatic N) is 1. The minimum atomic E-state index is -2.86. The Labute approximate surface area is 84.3 Å². The smallest absolute Gasteiger partial charge is 0.151 e. The average Bonchev–Trinajstić information content (AvgIpc) is 2.46. The Bertz CT molecular complexity index is 311. The summed E-state index contributed by atoms with van der Waals surface area (Å²) >= 11 is 0. The number of amidine groups is 1. The van der Waals surface area contributed by atoms with E-state index in [-0.39, 0.29) is 17.4 Å². The van der Waals surface area contributed by atoms with Crippen molar-refractivity contribution < 1.29 is 13.2 Å². The summed E-state index contributed by atoms with van der Waals surface area (Å²) in [6.45, 7) is 1.01. The summed E-state index contributed by atoms with van der Waals surface area (Å²) in [5.74, 6) is 0.744. The zero-order valence-electron chi connectivity index (χ0n) is 8.27. The first kappa shape index (κ1) is 11.5. The van der Waals surface area contributed by atoms with Gasteiger partial charge in [0, 0.05) is 13.0 Å². The van der Waals surface area contributed by atoms with Crippen LogP contribution < -0.4 is 5.73 Å². The first-order valence-corrected chi connectivity index (χ1v) is 6.36. The van der Waals surface area contributed by atoms with E-state index in [1.54, 1.807) is 7.11 Å². The van der Waals surface area contributed by atoms with Gasteiger partial charge in [-0.3, -0.25) is 4.99 Å². The van der Waals surface area contributed by atoms with Gasteiger partial charge in [-0.1, -0.05) is 0 Å². The molecule has 2 N–H and O–H groups in total. The molecule has 82 valence electrons. The highest BCUT2D eigenvalue weighted by Gasteiger charge is 2.30. The maximum absolute atomic E-state index is 11.1. The number of nitrogens with two attached hydrogens (primary N) is 1. The molecule has 0 aromatic rings. The molecule has 1 atom stereocenters. The fourth-order valence-electron chi connectivity index (χ4n) is 1.42. The highest BCUT2D eigenvalue weighted by molar-refractivity contribution is 7.91. The van der Waals surface area contributed by atoms with Crippen molar-refractivity contribution in [3.8, 4) is 0 Å². The summed E-state index contributed by atoms with van der Waals surface area (Å²) in [7, 11) is -1.27. The molecule has 0 aromatic carbocycles. The first-order chi connectivity index (χ1) is 6.55. The van der Waals surface area contributed by atoms with Crippen LogP contribution in [0, 0.1) is 5.92 Å². The first-order valence-electron chi connectivity index (χ1n) is 4.54. The lowest BCUT2D eigenvalue weighted by Crippen LogP contribution is -2.25. The van der Waals surface area contributed by atoms with Gasteiger partial charge in [0.15, 0.2) is 9.84 Å². The lowest BCUT2D eigenvalue weighted by Gasteiger charge is -2.06. The molecule has 0 radical (unpaired) electrons. The number of ether oxygens (including phenoxy) is 1. The van der Waals surface area contributed by atoms with Crippen molar-refractivity contribution in [1.29, 1.82) is 0 Å². The normalized spacial score (nSPS) is 26.6. The quantitative estimate of drug-likeness (QED) is 0.390. The predicted octanol–water partition coefficient (Wildman–Crippen LogP) is -0.575. The molecule has 1 fully saturated rings. The van der Waals surface area contributed by atoms with Crippen molar-refractivity contribution >= 4 is 15.7 Å². The Morgan fingerprint density at radius 2 is 2.36 bits per heavy atom. The molecule has 0 aromatic heterocycles. The summed E-state index contributed by atoms with van der Waals surface area (Å²) in [4.78, 5) is 4.07. The van der Waals surface area contributed by atoms with E-state index in [4.69, 9.17) is 10.5 Å². The fraction of sp³-hybridized carbons (Fsp3) is 0.875. The molecule has 0 spiro atoms. The van der Waals surface area contributed by atoms with E-state index < -0.39 is 9.84 Å². The summed E-state index contributed by atoms with van der Waals surface area (Å²) in [6, 6.07) is 0. The maximum Gasteiger partial charge on any atom is 0.151 e. The second-order valence-corrected chi connectivity index (χ2v) is 5.63. The van der Waals surface area contributed by atoms with Crippen molar-refractivity contribution in [1.82, 2.24) is 0 Å². The lowest BCUT2D eigenvalue weighted by atomic mass is 10.1. The Balaban J connectivity index is 2.46. The van der Waals surface area contributed by atoms with Crippen molar-refractivity contribution in [2.75, 3.05) is 31.8 Å². The van der Waals surface area contributed by atoms with Gasteiger partial charge in [-0.25, -0.2) is 8.42 Å².